The molecule has 1 heterocycles. The van der Waals surface area contributed by atoms with E-state index in [0.29, 0.717) is 11.5 Å². The van der Waals surface area contributed by atoms with Gasteiger partial charge in [-0.15, -0.1) is 10.2 Å². The second-order valence-corrected chi connectivity index (χ2v) is 5.75. The molecule has 0 aliphatic rings. The molecular formula is C18H19N5O. The number of carbonyl (C=O) groups excluding carboxylic acids is 1. The van der Waals surface area contributed by atoms with Gasteiger partial charge in [-0.1, -0.05) is 30.3 Å². The molecule has 0 saturated heterocycles. The Morgan fingerprint density at radius 1 is 1.08 bits per heavy atom. The highest BCUT2D eigenvalue weighted by atomic mass is 16.1. The average molecular weight is 321 g/mol. The Bertz CT molecular complexity index is 809. The van der Waals surface area contributed by atoms with Crippen LogP contribution in [-0.2, 0) is 6.54 Å². The highest BCUT2D eigenvalue weighted by molar-refractivity contribution is 6.03. The van der Waals surface area contributed by atoms with E-state index in [2.05, 4.69) is 20.4 Å². The van der Waals surface area contributed by atoms with Gasteiger partial charge in [0.25, 0.3) is 5.91 Å². The van der Waals surface area contributed by atoms with Crippen molar-refractivity contribution in [3.05, 3.63) is 72.1 Å². The number of nitrogens with one attached hydrogen (secondary N) is 1. The van der Waals surface area contributed by atoms with E-state index < -0.39 is 0 Å². The van der Waals surface area contributed by atoms with E-state index in [-0.39, 0.29) is 5.91 Å². The van der Waals surface area contributed by atoms with E-state index in [4.69, 9.17) is 0 Å². The van der Waals surface area contributed by atoms with Crippen molar-refractivity contribution >= 4 is 11.9 Å². The fourth-order valence-electron chi connectivity index (χ4n) is 2.40. The summed E-state index contributed by atoms with van der Waals surface area (Å²) in [6.45, 7) is 0.838. The number of benzene rings is 2. The summed E-state index contributed by atoms with van der Waals surface area (Å²) in [7, 11) is 4.02. The molecule has 24 heavy (non-hydrogen) atoms. The van der Waals surface area contributed by atoms with E-state index in [0.717, 1.165) is 17.8 Å². The maximum Gasteiger partial charge on any atom is 0.258 e. The number of hydrogen-bond donors (Lipinski definition) is 1. The number of anilines is 1. The molecule has 6 nitrogen and oxygen atoms in total. The van der Waals surface area contributed by atoms with Crippen LogP contribution in [0, 0.1) is 0 Å². The van der Waals surface area contributed by atoms with Crippen molar-refractivity contribution < 1.29 is 4.79 Å². The zero-order valence-electron chi connectivity index (χ0n) is 13.7. The third-order valence-corrected chi connectivity index (χ3v) is 3.52. The summed E-state index contributed by atoms with van der Waals surface area (Å²) in [4.78, 5) is 14.5. The van der Waals surface area contributed by atoms with Gasteiger partial charge in [0, 0.05) is 12.1 Å². The topological polar surface area (TPSA) is 63.1 Å². The molecule has 0 saturated carbocycles. The second-order valence-electron chi connectivity index (χ2n) is 5.75. The molecule has 1 amide bonds. The van der Waals surface area contributed by atoms with Crippen LogP contribution < -0.4 is 5.32 Å². The molecule has 0 radical (unpaired) electrons. The molecule has 0 aliphatic heterocycles. The lowest BCUT2D eigenvalue weighted by Crippen LogP contribution is -2.16. The molecule has 0 bridgehead atoms. The van der Waals surface area contributed by atoms with Crippen molar-refractivity contribution in [3.63, 3.8) is 0 Å². The molecule has 3 rings (SSSR count). The third-order valence-electron chi connectivity index (χ3n) is 3.52. The first-order valence-corrected chi connectivity index (χ1v) is 7.64. The molecule has 0 fully saturated rings. The van der Waals surface area contributed by atoms with Gasteiger partial charge in [0.1, 0.15) is 6.33 Å². The van der Waals surface area contributed by atoms with Gasteiger partial charge in [-0.2, -0.15) is 0 Å². The van der Waals surface area contributed by atoms with Crippen LogP contribution in [0.5, 0.6) is 0 Å². The van der Waals surface area contributed by atoms with Gasteiger partial charge < -0.3 is 4.90 Å². The number of hydrogen-bond acceptors (Lipinski definition) is 4. The van der Waals surface area contributed by atoms with Crippen LogP contribution in [0.15, 0.2) is 60.9 Å². The predicted octanol–water partition coefficient (Wildman–Crippen LogP) is 2.58. The van der Waals surface area contributed by atoms with Gasteiger partial charge in [-0.3, -0.25) is 14.7 Å². The number of rotatable bonds is 5. The molecule has 6 heteroatoms. The summed E-state index contributed by atoms with van der Waals surface area (Å²) >= 11 is 0. The number of para-hydroxylation sites is 1. The SMILES string of the molecule is CN(C)Cc1ccc(C(=O)Nc2nncn2-c2ccccc2)cc1. The number of aromatic nitrogens is 3. The fourth-order valence-corrected chi connectivity index (χ4v) is 2.40. The minimum absolute atomic E-state index is 0.211. The minimum Gasteiger partial charge on any atom is -0.305 e. The summed E-state index contributed by atoms with van der Waals surface area (Å²) < 4.78 is 1.73. The fraction of sp³-hybridized carbons (Fsp3) is 0.167. The molecule has 2 aromatic carbocycles. The van der Waals surface area contributed by atoms with Crippen molar-refractivity contribution in [1.29, 1.82) is 0 Å². The lowest BCUT2D eigenvalue weighted by atomic mass is 10.1. The molecule has 0 unspecified atom stereocenters. The summed E-state index contributed by atoms with van der Waals surface area (Å²) in [6, 6.07) is 17.2. The number of nitrogens with zero attached hydrogens (tertiary/aromatic N) is 4. The minimum atomic E-state index is -0.211. The molecule has 122 valence electrons. The number of amides is 1. The van der Waals surface area contributed by atoms with Crippen LogP contribution in [-0.4, -0.2) is 39.7 Å². The summed E-state index contributed by atoms with van der Waals surface area (Å²) in [5.41, 5.74) is 2.63. The van der Waals surface area contributed by atoms with E-state index >= 15 is 0 Å². The van der Waals surface area contributed by atoms with E-state index in [1.54, 1.807) is 10.9 Å². The Hall–Kier alpha value is -2.99. The first kappa shape index (κ1) is 15.9. The molecule has 1 N–H and O–H groups in total. The lowest BCUT2D eigenvalue weighted by Gasteiger charge is -2.10. The van der Waals surface area contributed by atoms with E-state index in [1.165, 1.54) is 0 Å². The monoisotopic (exact) mass is 321 g/mol. The largest absolute Gasteiger partial charge is 0.305 e. The second kappa shape index (κ2) is 7.06. The van der Waals surface area contributed by atoms with Crippen LogP contribution in [0.1, 0.15) is 15.9 Å². The zero-order valence-corrected chi connectivity index (χ0v) is 13.7. The summed E-state index contributed by atoms with van der Waals surface area (Å²) in [5.74, 6) is 0.181. The first-order chi connectivity index (χ1) is 11.6. The summed E-state index contributed by atoms with van der Waals surface area (Å²) in [6.07, 6.45) is 1.57. The molecular weight excluding hydrogens is 302 g/mol. The van der Waals surface area contributed by atoms with Gasteiger partial charge in [0.05, 0.1) is 5.69 Å². The van der Waals surface area contributed by atoms with Gasteiger partial charge in [0.15, 0.2) is 0 Å². The van der Waals surface area contributed by atoms with Crippen molar-refractivity contribution in [3.8, 4) is 5.69 Å². The van der Waals surface area contributed by atoms with Crippen LogP contribution in [0.4, 0.5) is 5.95 Å². The first-order valence-electron chi connectivity index (χ1n) is 7.64. The zero-order chi connectivity index (χ0) is 16.9. The molecule has 3 aromatic rings. The van der Waals surface area contributed by atoms with Gasteiger partial charge in [0.2, 0.25) is 5.95 Å². The molecule has 0 spiro atoms. The van der Waals surface area contributed by atoms with Gasteiger partial charge >= 0.3 is 0 Å². The lowest BCUT2D eigenvalue weighted by molar-refractivity contribution is 0.102. The third kappa shape index (κ3) is 3.67. The molecule has 0 aliphatic carbocycles. The summed E-state index contributed by atoms with van der Waals surface area (Å²) in [5, 5.41) is 10.7. The van der Waals surface area contributed by atoms with Crippen molar-refractivity contribution in [2.24, 2.45) is 0 Å². The van der Waals surface area contributed by atoms with Crippen LogP contribution in [0.25, 0.3) is 5.69 Å². The highest BCUT2D eigenvalue weighted by Gasteiger charge is 2.12. The Morgan fingerprint density at radius 3 is 2.46 bits per heavy atom. The maximum atomic E-state index is 12.4. The van der Waals surface area contributed by atoms with Crippen LogP contribution >= 0.6 is 0 Å². The standard InChI is InChI=1S/C18H19N5O/c1-22(2)12-14-8-10-15(11-9-14)17(24)20-18-21-19-13-23(18)16-6-4-3-5-7-16/h3-11,13H,12H2,1-2H3,(H,20,21,24). The molecule has 1 aromatic heterocycles. The number of carbonyl (C=O) groups is 1. The van der Waals surface area contributed by atoms with Crippen molar-refractivity contribution in [2.75, 3.05) is 19.4 Å². The van der Waals surface area contributed by atoms with Crippen molar-refractivity contribution in [2.45, 2.75) is 6.54 Å². The van der Waals surface area contributed by atoms with Crippen molar-refractivity contribution in [1.82, 2.24) is 19.7 Å². The van der Waals surface area contributed by atoms with Gasteiger partial charge in [-0.05, 0) is 43.9 Å². The predicted molar refractivity (Wildman–Crippen MR) is 93.1 cm³/mol. The Morgan fingerprint density at radius 2 is 1.79 bits per heavy atom. The Labute approximate surface area is 140 Å². The van der Waals surface area contributed by atoms with E-state index in [9.17, 15) is 4.79 Å². The highest BCUT2D eigenvalue weighted by Crippen LogP contribution is 2.14. The smallest absolute Gasteiger partial charge is 0.258 e. The quantitative estimate of drug-likeness (QED) is 0.784. The maximum absolute atomic E-state index is 12.4. The van der Waals surface area contributed by atoms with Crippen LogP contribution in [0.2, 0.25) is 0 Å². The molecule has 0 atom stereocenters. The Balaban J connectivity index is 1.75. The average Bonchev–Trinajstić information content (AvgIpc) is 3.04. The van der Waals surface area contributed by atoms with E-state index in [1.807, 2.05) is 68.7 Å². The Kier molecular flexibility index (Phi) is 4.67. The normalized spacial score (nSPS) is 10.8. The van der Waals surface area contributed by atoms with Crippen LogP contribution in [0.3, 0.4) is 0 Å². The van der Waals surface area contributed by atoms with Gasteiger partial charge in [-0.25, -0.2) is 0 Å².